The second-order valence-electron chi connectivity index (χ2n) is 4.85. The van der Waals surface area contributed by atoms with Crippen molar-refractivity contribution in [1.82, 2.24) is 9.97 Å². The summed E-state index contributed by atoms with van der Waals surface area (Å²) in [5.74, 6) is 0.242. The van der Waals surface area contributed by atoms with Crippen molar-refractivity contribution in [3.8, 4) is 11.3 Å². The normalized spacial score (nSPS) is 10.7. The monoisotopic (exact) mass is 306 g/mol. The number of hydrogen-bond donors (Lipinski definition) is 1. The van der Waals surface area contributed by atoms with E-state index in [1.165, 1.54) is 18.4 Å². The summed E-state index contributed by atoms with van der Waals surface area (Å²) in [5.41, 5.74) is 2.55. The molecule has 1 N–H and O–H groups in total. The van der Waals surface area contributed by atoms with Gasteiger partial charge in [0.25, 0.3) is 5.56 Å². The maximum atomic E-state index is 12.1. The highest BCUT2D eigenvalue weighted by Gasteiger charge is 2.22. The van der Waals surface area contributed by atoms with Gasteiger partial charge in [-0.2, -0.15) is 0 Å². The van der Waals surface area contributed by atoms with E-state index >= 15 is 0 Å². The van der Waals surface area contributed by atoms with Gasteiger partial charge in [-0.1, -0.05) is 6.92 Å². The van der Waals surface area contributed by atoms with E-state index in [4.69, 9.17) is 4.74 Å². The van der Waals surface area contributed by atoms with Crippen molar-refractivity contribution >= 4 is 17.3 Å². The summed E-state index contributed by atoms with van der Waals surface area (Å²) in [6, 6.07) is 0. The number of carbonyl (C=O) groups excluding carboxylic acids is 1. The number of esters is 1. The Kier molecular flexibility index (Phi) is 4.57. The molecule has 2 rings (SSSR count). The molecule has 112 valence electrons. The largest absolute Gasteiger partial charge is 0.465 e. The molecule has 2 heterocycles. The molecular weight excluding hydrogens is 288 g/mol. The van der Waals surface area contributed by atoms with Crippen LogP contribution in [0, 0.1) is 13.8 Å². The molecule has 0 saturated heterocycles. The predicted octanol–water partition coefficient (Wildman–Crippen LogP) is 2.85. The predicted molar refractivity (Wildman–Crippen MR) is 83.0 cm³/mol. The Hall–Kier alpha value is -1.95. The van der Waals surface area contributed by atoms with Crippen LogP contribution in [0.3, 0.4) is 0 Å². The zero-order valence-corrected chi connectivity index (χ0v) is 13.4. The number of methoxy groups -OCH3 is 1. The lowest BCUT2D eigenvalue weighted by Crippen LogP contribution is -2.17. The van der Waals surface area contributed by atoms with E-state index in [0.717, 1.165) is 12.0 Å². The fourth-order valence-electron chi connectivity index (χ4n) is 2.16. The minimum absolute atomic E-state index is 0.162. The lowest BCUT2D eigenvalue weighted by Gasteiger charge is -2.09. The molecule has 0 aliphatic carbocycles. The van der Waals surface area contributed by atoms with Gasteiger partial charge < -0.3 is 9.72 Å². The smallest absolute Gasteiger partial charge is 0.348 e. The summed E-state index contributed by atoms with van der Waals surface area (Å²) >= 11 is 1.31. The van der Waals surface area contributed by atoms with Gasteiger partial charge in [-0.05, 0) is 31.2 Å². The van der Waals surface area contributed by atoms with E-state index < -0.39 is 5.97 Å². The maximum Gasteiger partial charge on any atom is 0.348 e. The Labute approximate surface area is 127 Å². The SMILES string of the molecule is CCCc1nc(-c2c(C)csc2C(=O)OC)c(C)c(=O)[nH]1. The number of aromatic nitrogens is 2. The topological polar surface area (TPSA) is 72.0 Å². The van der Waals surface area contributed by atoms with Crippen LogP contribution in [0.2, 0.25) is 0 Å². The van der Waals surface area contributed by atoms with Crippen LogP contribution in [-0.4, -0.2) is 23.0 Å². The van der Waals surface area contributed by atoms with Crippen molar-refractivity contribution in [2.45, 2.75) is 33.6 Å². The molecule has 0 aliphatic rings. The molecule has 0 aliphatic heterocycles. The molecule has 0 amide bonds. The van der Waals surface area contributed by atoms with E-state index in [1.807, 2.05) is 19.2 Å². The molecular formula is C15H18N2O3S. The van der Waals surface area contributed by atoms with Gasteiger partial charge in [0.05, 0.1) is 12.8 Å². The molecule has 0 spiro atoms. The molecule has 0 saturated carbocycles. The Morgan fingerprint density at radius 3 is 2.76 bits per heavy atom. The van der Waals surface area contributed by atoms with Crippen LogP contribution in [0.25, 0.3) is 11.3 Å². The lowest BCUT2D eigenvalue weighted by molar-refractivity contribution is 0.0607. The first-order chi connectivity index (χ1) is 9.99. The molecule has 0 bridgehead atoms. The maximum absolute atomic E-state index is 12.1. The number of carbonyl (C=O) groups is 1. The van der Waals surface area contributed by atoms with Crippen molar-refractivity contribution in [3.63, 3.8) is 0 Å². The molecule has 2 aromatic heterocycles. The second-order valence-corrected chi connectivity index (χ2v) is 5.73. The number of nitrogens with one attached hydrogen (secondary N) is 1. The molecule has 5 nitrogen and oxygen atoms in total. The van der Waals surface area contributed by atoms with Gasteiger partial charge in [-0.3, -0.25) is 4.79 Å². The third-order valence-electron chi connectivity index (χ3n) is 3.27. The first kappa shape index (κ1) is 15.4. The first-order valence-electron chi connectivity index (χ1n) is 6.76. The van der Waals surface area contributed by atoms with Crippen LogP contribution in [0.1, 0.15) is 40.0 Å². The highest BCUT2D eigenvalue weighted by Crippen LogP contribution is 2.32. The van der Waals surface area contributed by atoms with Crippen LogP contribution < -0.4 is 5.56 Å². The highest BCUT2D eigenvalue weighted by atomic mass is 32.1. The number of thiophene rings is 1. The van der Waals surface area contributed by atoms with Gasteiger partial charge in [-0.15, -0.1) is 11.3 Å². The average molecular weight is 306 g/mol. The number of H-pyrrole nitrogens is 1. The van der Waals surface area contributed by atoms with E-state index in [-0.39, 0.29) is 5.56 Å². The number of ether oxygens (including phenoxy) is 1. The van der Waals surface area contributed by atoms with Crippen molar-refractivity contribution in [1.29, 1.82) is 0 Å². The lowest BCUT2D eigenvalue weighted by atomic mass is 10.0. The standard InChI is InChI=1S/C15H18N2O3S/c1-5-6-10-16-12(9(3)14(18)17-10)11-8(2)7-21-13(11)15(19)20-4/h7H,5-6H2,1-4H3,(H,16,17,18). The Morgan fingerprint density at radius 2 is 2.14 bits per heavy atom. The molecule has 0 fully saturated rings. The Bertz CT molecular complexity index is 731. The van der Waals surface area contributed by atoms with Gasteiger partial charge in [-0.25, -0.2) is 9.78 Å². The van der Waals surface area contributed by atoms with Crippen LogP contribution in [0.5, 0.6) is 0 Å². The summed E-state index contributed by atoms with van der Waals surface area (Å²) in [4.78, 5) is 31.8. The van der Waals surface area contributed by atoms with E-state index in [1.54, 1.807) is 6.92 Å². The van der Waals surface area contributed by atoms with E-state index in [0.29, 0.717) is 33.9 Å². The van der Waals surface area contributed by atoms with E-state index in [2.05, 4.69) is 9.97 Å². The zero-order chi connectivity index (χ0) is 15.6. The summed E-state index contributed by atoms with van der Waals surface area (Å²) in [6.45, 7) is 5.64. The average Bonchev–Trinajstić information content (AvgIpc) is 2.84. The minimum Gasteiger partial charge on any atom is -0.465 e. The third-order valence-corrected chi connectivity index (χ3v) is 4.35. The highest BCUT2D eigenvalue weighted by molar-refractivity contribution is 7.12. The van der Waals surface area contributed by atoms with Crippen LogP contribution >= 0.6 is 11.3 Å². The number of aromatic amines is 1. The second kappa shape index (κ2) is 6.22. The van der Waals surface area contributed by atoms with Crippen molar-refractivity contribution in [3.05, 3.63) is 37.6 Å². The van der Waals surface area contributed by atoms with Gasteiger partial charge in [0.2, 0.25) is 0 Å². The van der Waals surface area contributed by atoms with Crippen LogP contribution in [-0.2, 0) is 11.2 Å². The summed E-state index contributed by atoms with van der Waals surface area (Å²) < 4.78 is 4.82. The van der Waals surface area contributed by atoms with Gasteiger partial charge in [0.1, 0.15) is 10.7 Å². The molecule has 6 heteroatoms. The van der Waals surface area contributed by atoms with Gasteiger partial charge in [0, 0.05) is 17.5 Å². The van der Waals surface area contributed by atoms with Crippen molar-refractivity contribution in [2.24, 2.45) is 0 Å². The fourth-order valence-corrected chi connectivity index (χ4v) is 3.13. The minimum atomic E-state index is -0.401. The number of rotatable bonds is 4. The van der Waals surface area contributed by atoms with Crippen LogP contribution in [0.4, 0.5) is 0 Å². The number of nitrogens with zero attached hydrogens (tertiary/aromatic N) is 1. The van der Waals surface area contributed by atoms with E-state index in [9.17, 15) is 9.59 Å². The Morgan fingerprint density at radius 1 is 1.43 bits per heavy atom. The Balaban J connectivity index is 2.69. The first-order valence-corrected chi connectivity index (χ1v) is 7.64. The fraction of sp³-hybridized carbons (Fsp3) is 0.400. The molecule has 0 aromatic carbocycles. The van der Waals surface area contributed by atoms with Gasteiger partial charge >= 0.3 is 5.97 Å². The molecule has 0 atom stereocenters. The van der Waals surface area contributed by atoms with Crippen molar-refractivity contribution in [2.75, 3.05) is 7.11 Å². The molecule has 2 aromatic rings. The van der Waals surface area contributed by atoms with Gasteiger partial charge in [0.15, 0.2) is 0 Å². The molecule has 0 unspecified atom stereocenters. The zero-order valence-electron chi connectivity index (χ0n) is 12.6. The third kappa shape index (κ3) is 2.90. The van der Waals surface area contributed by atoms with Crippen molar-refractivity contribution < 1.29 is 9.53 Å². The number of aryl methyl sites for hydroxylation is 2. The van der Waals surface area contributed by atoms with Crippen LogP contribution in [0.15, 0.2) is 10.2 Å². The summed E-state index contributed by atoms with van der Waals surface area (Å²) in [7, 11) is 1.35. The molecule has 21 heavy (non-hydrogen) atoms. The molecule has 0 radical (unpaired) electrons. The number of hydrogen-bond acceptors (Lipinski definition) is 5. The summed E-state index contributed by atoms with van der Waals surface area (Å²) in [6.07, 6.45) is 1.58. The summed E-state index contributed by atoms with van der Waals surface area (Å²) in [5, 5.41) is 1.88. The quantitative estimate of drug-likeness (QED) is 0.882.